The Morgan fingerprint density at radius 3 is 2.63 bits per heavy atom. The number of thiol groups is 1. The van der Waals surface area contributed by atoms with Crippen molar-refractivity contribution in [1.29, 1.82) is 0 Å². The first-order valence-electron chi connectivity index (χ1n) is 12.9. The van der Waals surface area contributed by atoms with E-state index in [9.17, 15) is 23.1 Å². The summed E-state index contributed by atoms with van der Waals surface area (Å²) in [4.78, 5) is 19.9. The highest BCUT2D eigenvalue weighted by atomic mass is 32.1. The highest BCUT2D eigenvalue weighted by Crippen LogP contribution is 2.39. The number of anilines is 1. The fourth-order valence-electron chi connectivity index (χ4n) is 5.32. The Hall–Kier alpha value is -2.57. The van der Waals surface area contributed by atoms with E-state index in [1.54, 1.807) is 13.2 Å². The Balaban J connectivity index is 1.07. The number of hydrogen-bond donors (Lipinski definition) is 4. The maximum Gasteiger partial charge on any atom is 0.416 e. The first-order valence-corrected chi connectivity index (χ1v) is 13.4. The van der Waals surface area contributed by atoms with Gasteiger partial charge in [-0.3, -0.25) is 19.4 Å². The van der Waals surface area contributed by atoms with Gasteiger partial charge in [0, 0.05) is 48.4 Å². The molecule has 5 rings (SSSR count). The molecule has 1 saturated heterocycles. The first-order chi connectivity index (χ1) is 17.9. The minimum Gasteiger partial charge on any atom is -0.385 e. The average molecular weight is 551 g/mol. The molecule has 3 N–H and O–H groups in total. The number of rotatable bonds is 7. The maximum absolute atomic E-state index is 13.1. The lowest BCUT2D eigenvalue weighted by Crippen LogP contribution is -2.63. The van der Waals surface area contributed by atoms with Crippen molar-refractivity contribution >= 4 is 41.0 Å². The van der Waals surface area contributed by atoms with Crippen LogP contribution in [-0.4, -0.2) is 68.7 Å². The third-order valence-electron chi connectivity index (χ3n) is 7.92. The fourth-order valence-corrected chi connectivity index (χ4v) is 5.60. The molecule has 1 aliphatic heterocycles. The lowest BCUT2D eigenvalue weighted by atomic mass is 9.80. The van der Waals surface area contributed by atoms with Crippen LogP contribution in [0.15, 0.2) is 34.3 Å². The van der Waals surface area contributed by atoms with Crippen molar-refractivity contribution in [2.24, 2.45) is 18.0 Å². The molecule has 0 radical (unpaired) electrons. The van der Waals surface area contributed by atoms with Crippen LogP contribution in [0.25, 0.3) is 10.9 Å². The number of hydrogen-bond acceptors (Lipinski definition) is 7. The Bertz CT molecular complexity index is 1280. The number of carbonyl (C=O) groups is 1. The predicted molar refractivity (Wildman–Crippen MR) is 143 cm³/mol. The number of carbonyl (C=O) groups excluding carboxylic acids is 1. The summed E-state index contributed by atoms with van der Waals surface area (Å²) in [6.45, 7) is 3.49. The van der Waals surface area contributed by atoms with Gasteiger partial charge in [-0.1, -0.05) is 6.92 Å². The number of benzene rings is 1. The zero-order chi connectivity index (χ0) is 27.2. The van der Waals surface area contributed by atoms with Gasteiger partial charge in [-0.15, -0.1) is 12.6 Å². The van der Waals surface area contributed by atoms with Crippen LogP contribution in [0.1, 0.15) is 44.6 Å². The second-order valence-corrected chi connectivity index (χ2v) is 11.3. The van der Waals surface area contributed by atoms with E-state index in [0.717, 1.165) is 50.2 Å². The van der Waals surface area contributed by atoms with Gasteiger partial charge in [0.2, 0.25) is 5.91 Å². The van der Waals surface area contributed by atoms with Crippen molar-refractivity contribution in [3.05, 3.63) is 34.9 Å². The molecule has 0 bridgehead atoms. The van der Waals surface area contributed by atoms with Crippen molar-refractivity contribution in [1.82, 2.24) is 20.0 Å². The molecule has 2 saturated carbocycles. The summed E-state index contributed by atoms with van der Waals surface area (Å²) in [5.41, 5.74) is 0.00952. The molecule has 1 aromatic heterocycles. The van der Waals surface area contributed by atoms with Gasteiger partial charge in [-0.25, -0.2) is 0 Å². The van der Waals surface area contributed by atoms with Gasteiger partial charge in [-0.05, 0) is 56.2 Å². The SMILES string of the molecule is CC1CC1=N/C=C(\S)C1(O)CCC(N2CC(NC(=O)CNc3nn(C)c4ccc(C(F)(F)F)cc34)C2)CC1. The average Bonchev–Trinajstić information content (AvgIpc) is 3.46. The zero-order valence-corrected chi connectivity index (χ0v) is 22.3. The summed E-state index contributed by atoms with van der Waals surface area (Å²) in [6.07, 6.45) is 1.20. The van der Waals surface area contributed by atoms with E-state index >= 15 is 0 Å². The van der Waals surface area contributed by atoms with Crippen LogP contribution in [0, 0.1) is 5.92 Å². The smallest absolute Gasteiger partial charge is 0.385 e. The third kappa shape index (κ3) is 5.72. The fraction of sp³-hybridized carbons (Fsp3) is 0.577. The molecular weight excluding hydrogens is 517 g/mol. The first kappa shape index (κ1) is 27.0. The largest absolute Gasteiger partial charge is 0.416 e. The highest BCUT2D eigenvalue weighted by molar-refractivity contribution is 7.84. The Labute approximate surface area is 224 Å². The molecule has 2 aromatic rings. The molecule has 1 amide bonds. The number of amides is 1. The third-order valence-corrected chi connectivity index (χ3v) is 8.45. The quantitative estimate of drug-likeness (QED) is 0.394. The lowest BCUT2D eigenvalue weighted by molar-refractivity contribution is -0.137. The van der Waals surface area contributed by atoms with Crippen LogP contribution >= 0.6 is 12.6 Å². The number of alkyl halides is 3. The number of fused-ring (bicyclic) bond motifs is 1. The van der Waals surface area contributed by atoms with Crippen LogP contribution in [0.2, 0.25) is 0 Å². The molecule has 206 valence electrons. The van der Waals surface area contributed by atoms with E-state index in [1.807, 2.05) is 0 Å². The summed E-state index contributed by atoms with van der Waals surface area (Å²) in [5, 5.41) is 21.4. The summed E-state index contributed by atoms with van der Waals surface area (Å²) in [6, 6.07) is 3.81. The summed E-state index contributed by atoms with van der Waals surface area (Å²) < 4.78 is 40.9. The van der Waals surface area contributed by atoms with E-state index in [4.69, 9.17) is 0 Å². The Morgan fingerprint density at radius 2 is 2.00 bits per heavy atom. The van der Waals surface area contributed by atoms with Gasteiger partial charge in [-0.2, -0.15) is 18.3 Å². The maximum atomic E-state index is 13.1. The van der Waals surface area contributed by atoms with Crippen LogP contribution < -0.4 is 10.6 Å². The van der Waals surface area contributed by atoms with Gasteiger partial charge in [0.25, 0.3) is 0 Å². The Kier molecular flexibility index (Phi) is 7.25. The van der Waals surface area contributed by atoms with E-state index in [1.165, 1.54) is 10.7 Å². The molecule has 1 atom stereocenters. The summed E-state index contributed by atoms with van der Waals surface area (Å²) in [7, 11) is 1.65. The number of aromatic nitrogens is 2. The van der Waals surface area contributed by atoms with Gasteiger partial charge in [0.15, 0.2) is 5.82 Å². The second kappa shape index (κ2) is 10.2. The molecular formula is C26H33F3N6O2S. The number of aryl methyl sites for hydroxylation is 1. The van der Waals surface area contributed by atoms with Crippen molar-refractivity contribution < 1.29 is 23.1 Å². The highest BCUT2D eigenvalue weighted by Gasteiger charge is 2.41. The molecule has 12 heteroatoms. The topological polar surface area (TPSA) is 94.8 Å². The van der Waals surface area contributed by atoms with Crippen LogP contribution in [0.3, 0.4) is 0 Å². The normalized spacial score (nSPS) is 28.0. The van der Waals surface area contributed by atoms with Gasteiger partial charge in [0.05, 0.1) is 29.3 Å². The van der Waals surface area contributed by atoms with Gasteiger partial charge >= 0.3 is 6.18 Å². The zero-order valence-electron chi connectivity index (χ0n) is 21.4. The van der Waals surface area contributed by atoms with Gasteiger partial charge in [0.1, 0.15) is 0 Å². The summed E-state index contributed by atoms with van der Waals surface area (Å²) >= 11 is 4.53. The molecule has 3 fully saturated rings. The minimum atomic E-state index is -4.46. The number of aliphatic hydroxyl groups is 1. The van der Waals surface area contributed by atoms with Crippen LogP contribution in [0.4, 0.5) is 19.0 Å². The number of aliphatic imine (C=N–C) groups is 1. The second-order valence-electron chi connectivity index (χ2n) is 10.8. The van der Waals surface area contributed by atoms with E-state index in [2.05, 4.69) is 45.2 Å². The van der Waals surface area contributed by atoms with Crippen molar-refractivity contribution in [2.75, 3.05) is 25.0 Å². The molecule has 8 nitrogen and oxygen atoms in total. The molecule has 3 aliphatic rings. The molecule has 0 spiro atoms. The van der Waals surface area contributed by atoms with Crippen LogP contribution in [-0.2, 0) is 18.0 Å². The van der Waals surface area contributed by atoms with Crippen molar-refractivity contribution in [3.63, 3.8) is 0 Å². The number of likely N-dealkylation sites (tertiary alicyclic amines) is 1. The van der Waals surface area contributed by atoms with E-state index < -0.39 is 17.3 Å². The number of halogens is 3. The molecule has 2 aliphatic carbocycles. The summed E-state index contributed by atoms with van der Waals surface area (Å²) in [5.74, 6) is 0.536. The van der Waals surface area contributed by atoms with E-state index in [-0.39, 0.29) is 24.3 Å². The van der Waals surface area contributed by atoms with Crippen molar-refractivity contribution in [2.45, 2.75) is 62.9 Å². The number of nitrogens with zero attached hydrogens (tertiary/aromatic N) is 4. The predicted octanol–water partition coefficient (Wildman–Crippen LogP) is 3.73. The minimum absolute atomic E-state index is 0.0131. The Morgan fingerprint density at radius 1 is 1.32 bits per heavy atom. The van der Waals surface area contributed by atoms with E-state index in [0.29, 0.717) is 40.6 Å². The lowest BCUT2D eigenvalue weighted by Gasteiger charge is -2.48. The van der Waals surface area contributed by atoms with Crippen molar-refractivity contribution in [3.8, 4) is 0 Å². The molecule has 1 aromatic carbocycles. The van der Waals surface area contributed by atoms with Gasteiger partial charge < -0.3 is 15.7 Å². The number of nitrogens with one attached hydrogen (secondary N) is 2. The monoisotopic (exact) mass is 550 g/mol. The van der Waals surface area contributed by atoms with Crippen LogP contribution in [0.5, 0.6) is 0 Å². The standard InChI is InChI=1S/C26H33F3N6O2S/c1-15-9-20(15)30-11-22(38)25(37)7-5-18(6-8-25)35-13-17(14-35)32-23(36)12-31-24-19-10-16(26(27,28)29)3-4-21(19)34(2)33-24/h3-4,10-11,15,17-18,37-38H,5-9,12-14H2,1-2H3,(H,31,33)(H,32,36)/b22-11-,30-20?. The molecule has 38 heavy (non-hydrogen) atoms. The molecule has 1 unspecified atom stereocenters. The molecule has 2 heterocycles.